The summed E-state index contributed by atoms with van der Waals surface area (Å²) < 4.78 is 5.19. The predicted octanol–water partition coefficient (Wildman–Crippen LogP) is 3.11. The number of carbonyl (C=O) groups is 2. The van der Waals surface area contributed by atoms with Crippen molar-refractivity contribution < 1.29 is 19.4 Å². The molecule has 0 radical (unpaired) electrons. The van der Waals surface area contributed by atoms with Crippen LogP contribution in [0.15, 0.2) is 59.5 Å². The van der Waals surface area contributed by atoms with Gasteiger partial charge in [-0.3, -0.25) is 9.59 Å². The zero-order chi connectivity index (χ0) is 18.5. The predicted molar refractivity (Wildman–Crippen MR) is 101 cm³/mol. The van der Waals surface area contributed by atoms with Crippen LogP contribution in [0.4, 0.5) is 0 Å². The maximum atomic E-state index is 12.6. The van der Waals surface area contributed by atoms with Crippen LogP contribution in [0.1, 0.15) is 11.5 Å². The number of thioether (sulfide) groups is 1. The molecule has 2 aromatic carbocycles. The second-order valence-electron chi connectivity index (χ2n) is 6.23. The first-order valence-electron chi connectivity index (χ1n) is 8.41. The number of carboxylic acids is 1. The first kappa shape index (κ1) is 18.3. The number of carboxylic acid groups (broad SMARTS) is 1. The number of amides is 1. The van der Waals surface area contributed by atoms with E-state index in [0.717, 1.165) is 16.2 Å². The Morgan fingerprint density at radius 2 is 1.92 bits per heavy atom. The highest BCUT2D eigenvalue weighted by atomic mass is 32.2. The molecule has 3 rings (SSSR count). The number of nitrogens with zero attached hydrogens (tertiary/aromatic N) is 1. The van der Waals surface area contributed by atoms with Gasteiger partial charge in [0.2, 0.25) is 5.91 Å². The topological polar surface area (TPSA) is 66.8 Å². The van der Waals surface area contributed by atoms with Crippen molar-refractivity contribution >= 4 is 23.6 Å². The largest absolute Gasteiger partial charge is 0.497 e. The van der Waals surface area contributed by atoms with Gasteiger partial charge in [0, 0.05) is 23.9 Å². The average molecular weight is 371 g/mol. The number of rotatable bonds is 6. The molecular weight excluding hydrogens is 350 g/mol. The molecule has 136 valence electrons. The molecule has 6 heteroatoms. The second-order valence-corrected chi connectivity index (χ2v) is 7.28. The lowest BCUT2D eigenvalue weighted by molar-refractivity contribution is -0.141. The van der Waals surface area contributed by atoms with Crippen LogP contribution in [0.25, 0.3) is 0 Å². The lowest BCUT2D eigenvalue weighted by Crippen LogP contribution is -2.31. The summed E-state index contributed by atoms with van der Waals surface area (Å²) in [5.41, 5.74) is 0.968. The van der Waals surface area contributed by atoms with Gasteiger partial charge in [-0.2, -0.15) is 0 Å². The zero-order valence-electron chi connectivity index (χ0n) is 14.5. The van der Waals surface area contributed by atoms with Crippen LogP contribution in [0.2, 0.25) is 0 Å². The summed E-state index contributed by atoms with van der Waals surface area (Å²) in [5.74, 6) is -0.598. The van der Waals surface area contributed by atoms with E-state index < -0.39 is 11.9 Å². The van der Waals surface area contributed by atoms with Crippen molar-refractivity contribution in [3.05, 3.63) is 60.2 Å². The summed E-state index contributed by atoms with van der Waals surface area (Å²) >= 11 is 1.43. The molecule has 1 saturated heterocycles. The Balaban J connectivity index is 1.65. The van der Waals surface area contributed by atoms with Crippen molar-refractivity contribution in [1.82, 2.24) is 4.90 Å². The molecule has 26 heavy (non-hydrogen) atoms. The number of likely N-dealkylation sites (tertiary alicyclic amines) is 1. The number of ether oxygens (including phenoxy) is 1. The Hall–Kier alpha value is -2.47. The van der Waals surface area contributed by atoms with Crippen molar-refractivity contribution in [2.45, 2.75) is 10.8 Å². The van der Waals surface area contributed by atoms with Crippen molar-refractivity contribution in [3.8, 4) is 5.75 Å². The number of hydrogen-bond donors (Lipinski definition) is 1. The minimum atomic E-state index is -0.852. The molecule has 1 N–H and O–H groups in total. The molecule has 2 atom stereocenters. The van der Waals surface area contributed by atoms with Crippen LogP contribution in [-0.2, 0) is 9.59 Å². The molecule has 1 aliphatic rings. The highest BCUT2D eigenvalue weighted by Gasteiger charge is 2.40. The number of aliphatic carboxylic acids is 1. The molecule has 0 aromatic heterocycles. The summed E-state index contributed by atoms with van der Waals surface area (Å²) in [6, 6.07) is 17.1. The van der Waals surface area contributed by atoms with Crippen molar-refractivity contribution in [3.63, 3.8) is 0 Å². The first-order chi connectivity index (χ1) is 12.6. The molecule has 5 nitrogen and oxygen atoms in total. The fourth-order valence-electron chi connectivity index (χ4n) is 3.22. The van der Waals surface area contributed by atoms with Crippen LogP contribution in [-0.4, -0.2) is 47.8 Å². The number of methoxy groups -OCH3 is 1. The summed E-state index contributed by atoms with van der Waals surface area (Å²) in [7, 11) is 1.61. The lowest BCUT2D eigenvalue weighted by atomic mass is 9.89. The molecule has 0 saturated carbocycles. The van der Waals surface area contributed by atoms with Crippen molar-refractivity contribution in [2.24, 2.45) is 5.92 Å². The van der Waals surface area contributed by atoms with E-state index in [4.69, 9.17) is 4.74 Å². The maximum absolute atomic E-state index is 12.6. The van der Waals surface area contributed by atoms with Gasteiger partial charge in [-0.05, 0) is 23.8 Å². The van der Waals surface area contributed by atoms with E-state index in [0.29, 0.717) is 6.54 Å². The summed E-state index contributed by atoms with van der Waals surface area (Å²) in [5, 5.41) is 9.55. The van der Waals surface area contributed by atoms with Gasteiger partial charge in [0.25, 0.3) is 0 Å². The molecule has 0 spiro atoms. The molecule has 1 amide bonds. The Kier molecular flexibility index (Phi) is 5.83. The minimum absolute atomic E-state index is 0.0394. The third-order valence-electron chi connectivity index (χ3n) is 4.62. The monoisotopic (exact) mass is 371 g/mol. The van der Waals surface area contributed by atoms with E-state index in [1.54, 1.807) is 12.0 Å². The van der Waals surface area contributed by atoms with E-state index >= 15 is 0 Å². The van der Waals surface area contributed by atoms with Gasteiger partial charge in [0.05, 0.1) is 18.8 Å². The number of benzene rings is 2. The smallest absolute Gasteiger partial charge is 0.308 e. The van der Waals surface area contributed by atoms with Crippen molar-refractivity contribution in [1.29, 1.82) is 0 Å². The molecule has 1 fully saturated rings. The van der Waals surface area contributed by atoms with Gasteiger partial charge >= 0.3 is 5.97 Å². The van der Waals surface area contributed by atoms with Crippen LogP contribution in [0.3, 0.4) is 0 Å². The third kappa shape index (κ3) is 4.19. The molecule has 1 heterocycles. The second kappa shape index (κ2) is 8.27. The van der Waals surface area contributed by atoms with E-state index in [1.807, 2.05) is 54.6 Å². The molecule has 0 bridgehead atoms. The molecule has 1 aliphatic heterocycles. The Morgan fingerprint density at radius 3 is 2.62 bits per heavy atom. The summed E-state index contributed by atoms with van der Waals surface area (Å²) in [4.78, 5) is 26.9. The summed E-state index contributed by atoms with van der Waals surface area (Å²) in [6.45, 7) is 0.699. The van der Waals surface area contributed by atoms with Crippen LogP contribution in [0, 0.1) is 5.92 Å². The Morgan fingerprint density at radius 1 is 1.15 bits per heavy atom. The highest BCUT2D eigenvalue weighted by molar-refractivity contribution is 8.00. The normalized spacial score (nSPS) is 19.3. The average Bonchev–Trinajstić information content (AvgIpc) is 3.13. The van der Waals surface area contributed by atoms with E-state index in [9.17, 15) is 14.7 Å². The SMILES string of the molecule is COc1cccc(SCC(=O)N2C[C@H](C(=O)O)[C@H](c3ccccc3)C2)c1. The van der Waals surface area contributed by atoms with Gasteiger partial charge in [-0.1, -0.05) is 36.4 Å². The van der Waals surface area contributed by atoms with Gasteiger partial charge in [-0.25, -0.2) is 0 Å². The fraction of sp³-hybridized carbons (Fsp3) is 0.300. The standard InChI is InChI=1S/C20H21NO4S/c1-25-15-8-5-9-16(10-15)26-13-19(22)21-11-17(18(12-21)20(23)24)14-6-3-2-4-7-14/h2-10,17-18H,11-13H2,1H3,(H,23,24)/t17-,18-/m0/s1. The maximum Gasteiger partial charge on any atom is 0.308 e. The number of carbonyl (C=O) groups excluding carboxylic acids is 1. The van der Waals surface area contributed by atoms with Crippen LogP contribution in [0.5, 0.6) is 5.75 Å². The van der Waals surface area contributed by atoms with E-state index in [-0.39, 0.29) is 24.1 Å². The van der Waals surface area contributed by atoms with Gasteiger partial charge < -0.3 is 14.7 Å². The highest BCUT2D eigenvalue weighted by Crippen LogP contribution is 2.33. The van der Waals surface area contributed by atoms with E-state index in [2.05, 4.69) is 0 Å². The van der Waals surface area contributed by atoms with Gasteiger partial charge in [-0.15, -0.1) is 11.8 Å². The van der Waals surface area contributed by atoms with Crippen LogP contribution < -0.4 is 4.74 Å². The van der Waals surface area contributed by atoms with Gasteiger partial charge in [0.15, 0.2) is 0 Å². The van der Waals surface area contributed by atoms with Crippen molar-refractivity contribution in [2.75, 3.05) is 26.0 Å². The lowest BCUT2D eigenvalue weighted by Gasteiger charge is -2.16. The number of hydrogen-bond acceptors (Lipinski definition) is 4. The minimum Gasteiger partial charge on any atom is -0.497 e. The molecular formula is C20H21NO4S. The fourth-order valence-corrected chi connectivity index (χ4v) is 4.07. The Bertz CT molecular complexity index is 780. The third-order valence-corrected chi connectivity index (χ3v) is 5.60. The Labute approximate surface area is 157 Å². The zero-order valence-corrected chi connectivity index (χ0v) is 15.3. The molecule has 0 aliphatic carbocycles. The van der Waals surface area contributed by atoms with E-state index in [1.165, 1.54) is 11.8 Å². The summed E-state index contributed by atoms with van der Waals surface area (Å²) in [6.07, 6.45) is 0. The first-order valence-corrected chi connectivity index (χ1v) is 9.39. The quantitative estimate of drug-likeness (QED) is 0.791. The van der Waals surface area contributed by atoms with Crippen LogP contribution >= 0.6 is 11.8 Å². The molecule has 0 unspecified atom stereocenters. The molecule has 2 aromatic rings. The van der Waals surface area contributed by atoms with Gasteiger partial charge in [0.1, 0.15) is 5.75 Å².